The SMILES string of the molecule is CC(c1nnc(S(N)(=O)=O)n1C)n1cncn1. The number of aromatic nitrogens is 6. The van der Waals surface area contributed by atoms with Crippen LogP contribution in [0.5, 0.6) is 0 Å². The average molecular weight is 257 g/mol. The van der Waals surface area contributed by atoms with Crippen molar-refractivity contribution in [2.75, 3.05) is 0 Å². The molecule has 0 saturated carbocycles. The van der Waals surface area contributed by atoms with E-state index in [1.54, 1.807) is 6.92 Å². The molecule has 9 nitrogen and oxygen atoms in total. The van der Waals surface area contributed by atoms with E-state index in [0.29, 0.717) is 5.82 Å². The van der Waals surface area contributed by atoms with Crippen LogP contribution in [-0.2, 0) is 17.1 Å². The van der Waals surface area contributed by atoms with Crippen LogP contribution in [0.3, 0.4) is 0 Å². The highest BCUT2D eigenvalue weighted by atomic mass is 32.2. The topological polar surface area (TPSA) is 122 Å². The van der Waals surface area contributed by atoms with Gasteiger partial charge in [0, 0.05) is 7.05 Å². The third kappa shape index (κ3) is 2.03. The van der Waals surface area contributed by atoms with Crippen molar-refractivity contribution >= 4 is 10.0 Å². The Balaban J connectivity index is 2.45. The molecule has 17 heavy (non-hydrogen) atoms. The summed E-state index contributed by atoms with van der Waals surface area (Å²) in [6.07, 6.45) is 2.89. The number of sulfonamides is 1. The Labute approximate surface area is 97.3 Å². The lowest BCUT2D eigenvalue weighted by Gasteiger charge is -2.10. The van der Waals surface area contributed by atoms with Gasteiger partial charge in [-0.3, -0.25) is 0 Å². The third-order valence-corrected chi connectivity index (χ3v) is 3.19. The molecule has 92 valence electrons. The average Bonchev–Trinajstić information content (AvgIpc) is 2.83. The quantitative estimate of drug-likeness (QED) is 0.726. The van der Waals surface area contributed by atoms with Crippen molar-refractivity contribution in [3.63, 3.8) is 0 Å². The molecular formula is C7H11N7O2S. The van der Waals surface area contributed by atoms with Gasteiger partial charge in [-0.1, -0.05) is 0 Å². The van der Waals surface area contributed by atoms with Crippen LogP contribution >= 0.6 is 0 Å². The van der Waals surface area contributed by atoms with Crippen LogP contribution in [0, 0.1) is 0 Å². The molecule has 2 heterocycles. The summed E-state index contributed by atoms with van der Waals surface area (Å²) < 4.78 is 25.3. The molecule has 0 aliphatic carbocycles. The zero-order valence-electron chi connectivity index (χ0n) is 9.22. The molecule has 10 heteroatoms. The molecule has 0 spiro atoms. The van der Waals surface area contributed by atoms with Crippen molar-refractivity contribution in [1.29, 1.82) is 0 Å². The van der Waals surface area contributed by atoms with Crippen LogP contribution < -0.4 is 5.14 Å². The Kier molecular flexibility index (Phi) is 2.67. The summed E-state index contributed by atoms with van der Waals surface area (Å²) in [5.74, 6) is 0.430. The van der Waals surface area contributed by atoms with Crippen LogP contribution in [0.1, 0.15) is 18.8 Å². The summed E-state index contributed by atoms with van der Waals surface area (Å²) in [5.41, 5.74) is 0. The first-order valence-electron chi connectivity index (χ1n) is 4.67. The second-order valence-electron chi connectivity index (χ2n) is 3.50. The fourth-order valence-electron chi connectivity index (χ4n) is 1.47. The van der Waals surface area contributed by atoms with Gasteiger partial charge < -0.3 is 4.57 Å². The smallest absolute Gasteiger partial charge is 0.273 e. The first-order valence-corrected chi connectivity index (χ1v) is 6.22. The second-order valence-corrected chi connectivity index (χ2v) is 4.95. The molecule has 1 atom stereocenters. The predicted molar refractivity (Wildman–Crippen MR) is 56.2 cm³/mol. The second kappa shape index (κ2) is 3.89. The van der Waals surface area contributed by atoms with Crippen molar-refractivity contribution in [3.05, 3.63) is 18.5 Å². The van der Waals surface area contributed by atoms with Crippen molar-refractivity contribution in [1.82, 2.24) is 29.5 Å². The van der Waals surface area contributed by atoms with Gasteiger partial charge in [0.05, 0.1) is 0 Å². The predicted octanol–water partition coefficient (Wildman–Crippen LogP) is -1.34. The zero-order valence-corrected chi connectivity index (χ0v) is 10.0. The van der Waals surface area contributed by atoms with E-state index in [9.17, 15) is 8.42 Å². The van der Waals surface area contributed by atoms with Gasteiger partial charge in [-0.2, -0.15) is 5.10 Å². The molecule has 0 saturated heterocycles. The highest BCUT2D eigenvalue weighted by Gasteiger charge is 2.22. The van der Waals surface area contributed by atoms with Gasteiger partial charge in [-0.25, -0.2) is 23.2 Å². The Morgan fingerprint density at radius 1 is 1.41 bits per heavy atom. The number of primary sulfonamides is 1. The van der Waals surface area contributed by atoms with Crippen molar-refractivity contribution < 1.29 is 8.42 Å². The molecule has 0 aliphatic rings. The van der Waals surface area contributed by atoms with Gasteiger partial charge in [-0.05, 0) is 6.92 Å². The lowest BCUT2D eigenvalue weighted by atomic mass is 10.3. The van der Waals surface area contributed by atoms with Crippen LogP contribution in [0.15, 0.2) is 17.8 Å². The first kappa shape index (κ1) is 11.7. The standard InChI is InChI=1S/C7H11N7O2S/c1-5(14-4-9-3-10-14)6-11-12-7(13(6)2)17(8,15)16/h3-5H,1-2H3,(H2,8,15,16). The van der Waals surface area contributed by atoms with Gasteiger partial charge in [0.25, 0.3) is 15.2 Å². The first-order chi connectivity index (χ1) is 7.91. The Morgan fingerprint density at radius 2 is 2.12 bits per heavy atom. The summed E-state index contributed by atoms with van der Waals surface area (Å²) in [6, 6.07) is -0.287. The van der Waals surface area contributed by atoms with Crippen LogP contribution in [-0.4, -0.2) is 37.9 Å². The molecule has 0 radical (unpaired) electrons. The fourth-order valence-corrected chi connectivity index (χ4v) is 2.10. The molecule has 0 aromatic carbocycles. The molecular weight excluding hydrogens is 246 g/mol. The van der Waals surface area contributed by atoms with E-state index in [1.165, 1.54) is 29.0 Å². The molecule has 2 N–H and O–H groups in total. The molecule has 0 aliphatic heterocycles. The maximum atomic E-state index is 11.2. The summed E-state index contributed by atoms with van der Waals surface area (Å²) in [4.78, 5) is 3.81. The van der Waals surface area contributed by atoms with Gasteiger partial charge in [0.1, 0.15) is 18.7 Å². The zero-order chi connectivity index (χ0) is 12.6. The van der Waals surface area contributed by atoms with E-state index in [1.807, 2.05) is 0 Å². The maximum absolute atomic E-state index is 11.2. The van der Waals surface area contributed by atoms with Crippen LogP contribution in [0.4, 0.5) is 0 Å². The van der Waals surface area contributed by atoms with Crippen molar-refractivity contribution in [2.24, 2.45) is 12.2 Å². The Morgan fingerprint density at radius 3 is 2.59 bits per heavy atom. The monoisotopic (exact) mass is 257 g/mol. The summed E-state index contributed by atoms with van der Waals surface area (Å²) in [6.45, 7) is 1.80. The molecule has 1 unspecified atom stereocenters. The summed E-state index contributed by atoms with van der Waals surface area (Å²) in [5, 5.41) is 16.0. The largest absolute Gasteiger partial charge is 0.302 e. The summed E-state index contributed by atoms with van der Waals surface area (Å²) >= 11 is 0. The van der Waals surface area contributed by atoms with E-state index < -0.39 is 10.0 Å². The highest BCUT2D eigenvalue weighted by Crippen LogP contribution is 2.15. The number of nitrogens with two attached hydrogens (primary N) is 1. The Hall–Kier alpha value is -1.81. The minimum Gasteiger partial charge on any atom is -0.302 e. The molecule has 0 bridgehead atoms. The minimum atomic E-state index is -3.87. The number of rotatable bonds is 3. The normalized spacial score (nSPS) is 13.8. The van der Waals surface area contributed by atoms with Gasteiger partial charge in [-0.15, -0.1) is 10.2 Å². The fraction of sp³-hybridized carbons (Fsp3) is 0.429. The van der Waals surface area contributed by atoms with Crippen molar-refractivity contribution in [2.45, 2.75) is 18.1 Å². The van der Waals surface area contributed by atoms with E-state index in [2.05, 4.69) is 20.3 Å². The molecule has 2 rings (SSSR count). The molecule has 0 fully saturated rings. The number of nitrogens with zero attached hydrogens (tertiary/aromatic N) is 6. The minimum absolute atomic E-state index is 0.278. The number of hydrogen-bond acceptors (Lipinski definition) is 6. The lowest BCUT2D eigenvalue weighted by molar-refractivity contribution is 0.509. The van der Waals surface area contributed by atoms with E-state index in [0.717, 1.165) is 0 Å². The van der Waals surface area contributed by atoms with Gasteiger partial charge in [0.2, 0.25) is 0 Å². The number of hydrogen-bond donors (Lipinski definition) is 1. The molecule has 2 aromatic heterocycles. The van der Waals surface area contributed by atoms with Crippen molar-refractivity contribution in [3.8, 4) is 0 Å². The van der Waals surface area contributed by atoms with E-state index in [-0.39, 0.29) is 11.2 Å². The Bertz CT molecular complexity index is 615. The van der Waals surface area contributed by atoms with Gasteiger partial charge >= 0.3 is 0 Å². The molecule has 2 aromatic rings. The summed E-state index contributed by atoms with van der Waals surface area (Å²) in [7, 11) is -2.34. The van der Waals surface area contributed by atoms with Crippen LogP contribution in [0.25, 0.3) is 0 Å². The molecule has 0 amide bonds. The van der Waals surface area contributed by atoms with Gasteiger partial charge in [0.15, 0.2) is 5.82 Å². The van der Waals surface area contributed by atoms with E-state index in [4.69, 9.17) is 5.14 Å². The van der Waals surface area contributed by atoms with Crippen LogP contribution in [0.2, 0.25) is 0 Å². The lowest BCUT2D eigenvalue weighted by Crippen LogP contribution is -2.19. The highest BCUT2D eigenvalue weighted by molar-refractivity contribution is 7.89. The third-order valence-electron chi connectivity index (χ3n) is 2.33. The maximum Gasteiger partial charge on any atom is 0.273 e. The van der Waals surface area contributed by atoms with E-state index >= 15 is 0 Å².